The van der Waals surface area contributed by atoms with Crippen molar-refractivity contribution in [1.29, 1.82) is 0 Å². The van der Waals surface area contributed by atoms with E-state index in [2.05, 4.69) is 99.5 Å². The van der Waals surface area contributed by atoms with E-state index >= 15 is 0 Å². The van der Waals surface area contributed by atoms with Crippen LogP contribution >= 0.6 is 99.5 Å². The molecule has 0 saturated carbocycles. The summed E-state index contributed by atoms with van der Waals surface area (Å²) in [5.41, 5.74) is 0. The molecule has 0 rings (SSSR count). The van der Waals surface area contributed by atoms with Crippen LogP contribution in [0.3, 0.4) is 0 Å². The fourth-order valence-electron chi connectivity index (χ4n) is 0. The molecule has 0 fully saturated rings. The van der Waals surface area contributed by atoms with Gasteiger partial charge in [0.1, 0.15) is 0 Å². The van der Waals surface area contributed by atoms with Gasteiger partial charge in [-0.2, -0.15) is 0 Å². The van der Waals surface area contributed by atoms with E-state index in [1.165, 1.54) is 0 Å². The molecule has 6 heteroatoms. The normalized spacial score (nSPS) is 15.0. The minimum absolute atomic E-state index is 1.75. The van der Waals surface area contributed by atoms with Crippen molar-refractivity contribution in [3.8, 4) is 0 Å². The van der Waals surface area contributed by atoms with Crippen LogP contribution in [-0.4, -0.2) is -4.11 Å². The van der Waals surface area contributed by atoms with Crippen molar-refractivity contribution in [2.45, 2.75) is 0 Å². The first kappa shape index (κ1) is 10.2. The van der Waals surface area contributed by atoms with Crippen molar-refractivity contribution in [3.63, 3.8) is 0 Å². The first-order chi connectivity index (χ1) is 2.24. The molecule has 0 spiro atoms. The molecule has 0 aromatic rings. The number of rotatable bonds is 0. The van der Waals surface area contributed by atoms with Crippen molar-refractivity contribution in [2.75, 3.05) is 0 Å². The predicted molar refractivity (Wildman–Crippen MR) is 75.9 cm³/mol. The summed E-state index contributed by atoms with van der Waals surface area (Å²) >= 11 is 12.8. The van der Waals surface area contributed by atoms with Gasteiger partial charge in [-0.1, -0.05) is 0 Å². The summed E-state index contributed by atoms with van der Waals surface area (Å²) < 4.78 is -1.75. The number of hydrogen-bond acceptors (Lipinski definition) is 0. The molecule has 0 N–H and O–H groups in total. The second kappa shape index (κ2) is 3.10. The van der Waals surface area contributed by atoms with E-state index in [0.717, 1.165) is 0 Å². The van der Waals surface area contributed by atoms with E-state index in [-0.39, 0.29) is 0 Å². The molecule has 36 valence electrons. The van der Waals surface area contributed by atoms with Gasteiger partial charge in [-0.3, -0.25) is 0 Å². The summed E-state index contributed by atoms with van der Waals surface area (Å²) in [6.45, 7) is 0. The van der Waals surface area contributed by atoms with Gasteiger partial charge in [0.05, 0.1) is 0 Å². The monoisotopic (exact) mass is 642 g/mol. The predicted octanol–water partition coefficient (Wildman–Crippen LogP) is 4.05. The zero-order chi connectivity index (χ0) is 5.45. The van der Waals surface area contributed by atoms with E-state index in [9.17, 15) is 0 Å². The summed E-state index contributed by atoms with van der Waals surface area (Å²) in [5.74, 6) is 0. The Bertz CT molecular complexity index is 37.1. The summed E-state index contributed by atoms with van der Waals surface area (Å²) in [7, 11) is 0. The van der Waals surface area contributed by atoms with Crippen LogP contribution < -0.4 is 0 Å². The van der Waals surface area contributed by atoms with Gasteiger partial charge in [-0.15, -0.1) is 0 Å². The Kier molecular flexibility index (Phi) is 5.29. The first-order valence-electron chi connectivity index (χ1n) is 1.89. The van der Waals surface area contributed by atoms with Crippen LogP contribution in [-0.2, 0) is 0 Å². The standard InChI is InChI=1S/5HI.Li/h5*1H;/q;;;;;+5/p-5. The van der Waals surface area contributed by atoms with Crippen molar-refractivity contribution in [2.24, 2.45) is 0 Å². The molecule has 0 bridgehead atoms. The van der Waals surface area contributed by atoms with Crippen molar-refractivity contribution >= 4 is 95.4 Å². The van der Waals surface area contributed by atoms with Crippen LogP contribution in [0.4, 0.5) is 0 Å². The van der Waals surface area contributed by atoms with Crippen LogP contribution in [0.25, 0.3) is 0 Å². The molecule has 0 unspecified atom stereocenters. The maximum absolute atomic E-state index is 2.55. The SMILES string of the molecule is [I][Li]([I])([I])([I])[I]. The summed E-state index contributed by atoms with van der Waals surface area (Å²) in [5, 5.41) is 0. The van der Waals surface area contributed by atoms with Gasteiger partial charge >= 0.3 is 95.4 Å². The van der Waals surface area contributed by atoms with Gasteiger partial charge in [0.15, 0.2) is 0 Å². The summed E-state index contributed by atoms with van der Waals surface area (Å²) in [6, 6.07) is 0. The first-order valence-corrected chi connectivity index (χ1v) is 12.7. The Morgan fingerprint density at radius 2 is 0.667 bits per heavy atom. The topological polar surface area (TPSA) is 0 Å². The van der Waals surface area contributed by atoms with Crippen LogP contribution in [0.5, 0.6) is 0 Å². The molecule has 0 nitrogen and oxygen atoms in total. The van der Waals surface area contributed by atoms with Gasteiger partial charge in [-0.05, 0) is 0 Å². The van der Waals surface area contributed by atoms with Crippen molar-refractivity contribution in [1.82, 2.24) is 0 Å². The van der Waals surface area contributed by atoms with E-state index in [1.807, 2.05) is 0 Å². The quantitative estimate of drug-likeness (QED) is 0.277. The van der Waals surface area contributed by atoms with Gasteiger partial charge in [0.25, 0.3) is 0 Å². The molecular formula is I5Li. The maximum atomic E-state index is 2.55. The third-order valence-corrected chi connectivity index (χ3v) is 0. The second-order valence-corrected chi connectivity index (χ2v) is 64.3. The molecule has 0 atom stereocenters. The van der Waals surface area contributed by atoms with Crippen molar-refractivity contribution < 1.29 is 0 Å². The Balaban J connectivity index is 3.73. The Hall–Kier alpha value is 4.25. The summed E-state index contributed by atoms with van der Waals surface area (Å²) in [4.78, 5) is 0. The van der Waals surface area contributed by atoms with E-state index in [4.69, 9.17) is 0 Å². The average Bonchev–Trinajstić information content (AvgIpc) is 0.650. The van der Waals surface area contributed by atoms with Crippen LogP contribution in [0.2, 0.25) is 0 Å². The van der Waals surface area contributed by atoms with Gasteiger partial charge in [-0.25, -0.2) is 0 Å². The summed E-state index contributed by atoms with van der Waals surface area (Å²) in [6.07, 6.45) is 0. The molecule has 0 amide bonds. The zero-order valence-electron chi connectivity index (χ0n) is 2.89. The van der Waals surface area contributed by atoms with Gasteiger partial charge < -0.3 is 0 Å². The van der Waals surface area contributed by atoms with Gasteiger partial charge in [0, 0.05) is 0 Å². The molecule has 0 aliphatic heterocycles. The number of halogens is 5. The molecule has 0 aromatic carbocycles. The third-order valence-electron chi connectivity index (χ3n) is 0. The molecule has 0 saturated heterocycles. The molecule has 0 aliphatic carbocycles. The molecule has 6 heavy (non-hydrogen) atoms. The van der Waals surface area contributed by atoms with E-state index < -0.39 is -4.11 Å². The molecule has 2 radical (unpaired) electrons. The van der Waals surface area contributed by atoms with Gasteiger partial charge in [0.2, 0.25) is 0 Å². The number of hydrogen-bond donors (Lipinski definition) is 0. The average molecular weight is 641 g/mol. The van der Waals surface area contributed by atoms with E-state index in [1.54, 1.807) is 0 Å². The fourth-order valence-corrected chi connectivity index (χ4v) is 0. The Morgan fingerprint density at radius 1 is 0.667 bits per heavy atom. The van der Waals surface area contributed by atoms with Crippen LogP contribution in [0.1, 0.15) is 0 Å². The molecule has 0 aliphatic rings. The van der Waals surface area contributed by atoms with Crippen molar-refractivity contribution in [3.05, 3.63) is 0 Å². The molecular weight excluding hydrogens is 641 g/mol. The minimum atomic E-state index is -1.75. The Labute approximate surface area is 92.1 Å². The molecule has 0 aromatic heterocycles. The zero-order valence-corrected chi connectivity index (χ0v) is 13.7. The van der Waals surface area contributed by atoms with E-state index in [0.29, 0.717) is 0 Å². The third kappa shape index (κ3) is 24.0. The second-order valence-electron chi connectivity index (χ2n) is 1.43. The Morgan fingerprint density at radius 3 is 0.667 bits per heavy atom. The molecule has 0 heterocycles. The van der Waals surface area contributed by atoms with Crippen LogP contribution in [0.15, 0.2) is 0 Å². The van der Waals surface area contributed by atoms with Crippen LogP contribution in [0, 0.1) is 0 Å². The fraction of sp³-hybridized carbons (Fsp3) is 0.